The fraction of sp³-hybridized carbons (Fsp3) is 0.300. The topological polar surface area (TPSA) is 49.8 Å². The van der Waals surface area contributed by atoms with E-state index in [1.807, 2.05) is 0 Å². The Morgan fingerprint density at radius 1 is 1.46 bits per heavy atom. The van der Waals surface area contributed by atoms with Gasteiger partial charge in [-0.15, -0.1) is 0 Å². The van der Waals surface area contributed by atoms with Gasteiger partial charge < -0.3 is 9.84 Å². The smallest absolute Gasteiger partial charge is 0.335 e. The van der Waals surface area contributed by atoms with Crippen molar-refractivity contribution in [2.75, 3.05) is 6.61 Å². The van der Waals surface area contributed by atoms with Gasteiger partial charge in [-0.3, -0.25) is 0 Å². The van der Waals surface area contributed by atoms with E-state index < -0.39 is 5.97 Å². The largest absolute Gasteiger partial charge is 0.478 e. The highest BCUT2D eigenvalue weighted by Gasteiger charge is 2.13. The maximum absolute atomic E-state index is 10.2. The molecule has 0 aromatic heterocycles. The minimum absolute atomic E-state index is 0.331. The number of benzene rings is 1. The number of ether oxygens (including phenoxy) is 1. The van der Waals surface area contributed by atoms with Crippen LogP contribution in [0.3, 0.4) is 0 Å². The lowest BCUT2D eigenvalue weighted by atomic mass is 10.2. The Labute approximate surface area is 77.0 Å². The van der Waals surface area contributed by atoms with E-state index in [-0.39, 0.29) is 0 Å². The summed E-state index contributed by atoms with van der Waals surface area (Å²) in [5.74, 6) is -0.879. The molecule has 1 atom stereocenters. The highest BCUT2D eigenvalue weighted by molar-refractivity contribution is 5.87. The van der Waals surface area contributed by atoms with Crippen molar-refractivity contribution >= 4 is 5.97 Å². The normalized spacial score (nSPS) is 18.4. The molecule has 1 fully saturated rings. The number of epoxide rings is 1. The molecule has 1 unspecified atom stereocenters. The van der Waals surface area contributed by atoms with Crippen LogP contribution < -0.4 is 0 Å². The monoisotopic (exact) mass is 180 g/mol. The summed E-state index contributed by atoms with van der Waals surface area (Å²) in [6.07, 6.45) is 0.583. The Morgan fingerprint density at radius 3 is 2.15 bits per heavy atom. The minimum atomic E-state index is -0.879. The third-order valence-corrected chi connectivity index (χ3v) is 1.52. The quantitative estimate of drug-likeness (QED) is 0.670. The van der Waals surface area contributed by atoms with Crippen molar-refractivity contribution < 1.29 is 14.6 Å². The molecule has 0 saturated carbocycles. The third kappa shape index (κ3) is 4.28. The number of rotatable bonds is 1. The van der Waals surface area contributed by atoms with Crippen LogP contribution in [-0.4, -0.2) is 23.8 Å². The van der Waals surface area contributed by atoms with Gasteiger partial charge in [0.05, 0.1) is 18.3 Å². The van der Waals surface area contributed by atoms with E-state index in [9.17, 15) is 4.79 Å². The molecule has 1 saturated heterocycles. The van der Waals surface area contributed by atoms with Gasteiger partial charge >= 0.3 is 5.97 Å². The summed E-state index contributed by atoms with van der Waals surface area (Å²) in [4.78, 5) is 10.2. The number of hydrogen-bond donors (Lipinski definition) is 1. The lowest BCUT2D eigenvalue weighted by Crippen LogP contribution is -1.93. The van der Waals surface area contributed by atoms with Gasteiger partial charge in [0, 0.05) is 0 Å². The molecule has 1 aromatic rings. The second-order valence-corrected chi connectivity index (χ2v) is 2.82. The molecule has 0 radical (unpaired) electrons. The van der Waals surface area contributed by atoms with Crippen LogP contribution in [0.15, 0.2) is 30.3 Å². The van der Waals surface area contributed by atoms with Crippen molar-refractivity contribution in [1.29, 1.82) is 0 Å². The zero-order valence-corrected chi connectivity index (χ0v) is 7.43. The van der Waals surface area contributed by atoms with Crippen molar-refractivity contribution in [3.63, 3.8) is 0 Å². The van der Waals surface area contributed by atoms with Crippen LogP contribution in [0.4, 0.5) is 0 Å². The molecule has 2 rings (SSSR count). The molecule has 1 aromatic carbocycles. The van der Waals surface area contributed by atoms with E-state index in [1.54, 1.807) is 30.3 Å². The van der Waals surface area contributed by atoms with Gasteiger partial charge in [-0.05, 0) is 19.1 Å². The van der Waals surface area contributed by atoms with Gasteiger partial charge in [-0.2, -0.15) is 0 Å². The minimum Gasteiger partial charge on any atom is -0.478 e. The SMILES string of the molecule is CC1CO1.O=C(O)c1ccccc1. The van der Waals surface area contributed by atoms with E-state index in [2.05, 4.69) is 6.92 Å². The van der Waals surface area contributed by atoms with Gasteiger partial charge in [0.25, 0.3) is 0 Å². The molecule has 70 valence electrons. The molecule has 3 nitrogen and oxygen atoms in total. The fourth-order valence-corrected chi connectivity index (χ4v) is 0.677. The van der Waals surface area contributed by atoms with E-state index >= 15 is 0 Å². The lowest BCUT2D eigenvalue weighted by molar-refractivity contribution is 0.0697. The number of carboxylic acids is 1. The van der Waals surface area contributed by atoms with E-state index in [4.69, 9.17) is 9.84 Å². The molecule has 0 spiro atoms. The van der Waals surface area contributed by atoms with Crippen LogP contribution in [0.2, 0.25) is 0 Å². The Balaban J connectivity index is 0.000000175. The van der Waals surface area contributed by atoms with Gasteiger partial charge in [0.2, 0.25) is 0 Å². The summed E-state index contributed by atoms with van der Waals surface area (Å²) in [6.45, 7) is 3.04. The standard InChI is InChI=1S/C7H6O2.C3H6O/c8-7(9)6-4-2-1-3-5-6;1-3-2-4-3/h1-5H,(H,8,9);3H,2H2,1H3. The van der Waals surface area contributed by atoms with E-state index in [0.717, 1.165) is 6.61 Å². The van der Waals surface area contributed by atoms with Gasteiger partial charge in [-0.25, -0.2) is 4.79 Å². The maximum Gasteiger partial charge on any atom is 0.335 e. The van der Waals surface area contributed by atoms with Crippen LogP contribution in [-0.2, 0) is 4.74 Å². The molecule has 1 aliphatic rings. The van der Waals surface area contributed by atoms with Gasteiger partial charge in [0.1, 0.15) is 0 Å². The van der Waals surface area contributed by atoms with Crippen molar-refractivity contribution in [3.05, 3.63) is 35.9 Å². The average molecular weight is 180 g/mol. The Kier molecular flexibility index (Phi) is 3.46. The molecule has 1 heterocycles. The van der Waals surface area contributed by atoms with E-state index in [0.29, 0.717) is 11.7 Å². The maximum atomic E-state index is 10.2. The zero-order chi connectivity index (χ0) is 9.68. The average Bonchev–Trinajstić information content (AvgIpc) is 2.90. The van der Waals surface area contributed by atoms with Crippen molar-refractivity contribution in [3.8, 4) is 0 Å². The lowest BCUT2D eigenvalue weighted by Gasteiger charge is -1.88. The highest BCUT2D eigenvalue weighted by atomic mass is 16.6. The first kappa shape index (κ1) is 9.74. The van der Waals surface area contributed by atoms with Crippen molar-refractivity contribution in [1.82, 2.24) is 0 Å². The van der Waals surface area contributed by atoms with Crippen LogP contribution in [0.1, 0.15) is 17.3 Å². The number of aromatic carboxylic acids is 1. The third-order valence-electron chi connectivity index (χ3n) is 1.52. The summed E-state index contributed by atoms with van der Waals surface area (Å²) in [7, 11) is 0. The van der Waals surface area contributed by atoms with Gasteiger partial charge in [-0.1, -0.05) is 18.2 Å². The summed E-state index contributed by atoms with van der Waals surface area (Å²) >= 11 is 0. The Hall–Kier alpha value is -1.35. The Morgan fingerprint density at radius 2 is 1.92 bits per heavy atom. The summed E-state index contributed by atoms with van der Waals surface area (Å²) in [5.41, 5.74) is 0.331. The highest BCUT2D eigenvalue weighted by Crippen LogP contribution is 2.04. The van der Waals surface area contributed by atoms with Crippen molar-refractivity contribution in [2.24, 2.45) is 0 Å². The molecule has 13 heavy (non-hydrogen) atoms. The zero-order valence-electron chi connectivity index (χ0n) is 7.43. The second kappa shape index (κ2) is 4.62. The molecule has 1 aliphatic heterocycles. The molecular formula is C10H12O3. The first-order chi connectivity index (χ1) is 6.20. The van der Waals surface area contributed by atoms with Crippen LogP contribution in [0.25, 0.3) is 0 Å². The molecule has 1 N–H and O–H groups in total. The van der Waals surface area contributed by atoms with Crippen LogP contribution in [0.5, 0.6) is 0 Å². The summed E-state index contributed by atoms with van der Waals surface area (Å²) in [6, 6.07) is 8.30. The predicted octanol–water partition coefficient (Wildman–Crippen LogP) is 1.79. The molecule has 0 aliphatic carbocycles. The first-order valence-electron chi connectivity index (χ1n) is 4.10. The predicted molar refractivity (Wildman–Crippen MR) is 48.8 cm³/mol. The van der Waals surface area contributed by atoms with E-state index in [1.165, 1.54) is 0 Å². The van der Waals surface area contributed by atoms with Gasteiger partial charge in [0.15, 0.2) is 0 Å². The van der Waals surface area contributed by atoms with Crippen molar-refractivity contribution in [2.45, 2.75) is 13.0 Å². The summed E-state index contributed by atoms with van der Waals surface area (Å²) < 4.78 is 4.71. The molecule has 0 bridgehead atoms. The second-order valence-electron chi connectivity index (χ2n) is 2.82. The number of carboxylic acid groups (broad SMARTS) is 1. The Bertz CT molecular complexity index is 265. The fourth-order valence-electron chi connectivity index (χ4n) is 0.677. The van der Waals surface area contributed by atoms with Crippen LogP contribution in [0, 0.1) is 0 Å². The number of hydrogen-bond acceptors (Lipinski definition) is 2. The number of carbonyl (C=O) groups is 1. The molecular weight excluding hydrogens is 168 g/mol. The molecule has 0 amide bonds. The van der Waals surface area contributed by atoms with Crippen LogP contribution >= 0.6 is 0 Å². The molecule has 3 heteroatoms. The summed E-state index contributed by atoms with van der Waals surface area (Å²) in [5, 5.41) is 8.38. The first-order valence-corrected chi connectivity index (χ1v) is 4.10.